The van der Waals surface area contributed by atoms with Crippen molar-refractivity contribution in [2.45, 2.75) is 20.4 Å². The Morgan fingerprint density at radius 3 is 2.68 bits per heavy atom. The van der Waals surface area contributed by atoms with E-state index in [0.29, 0.717) is 11.6 Å². The van der Waals surface area contributed by atoms with Gasteiger partial charge in [-0.05, 0) is 37.6 Å². The molecule has 0 saturated carbocycles. The van der Waals surface area contributed by atoms with E-state index in [-0.39, 0.29) is 17.0 Å². The normalized spacial score (nSPS) is 11.1. The van der Waals surface area contributed by atoms with Crippen molar-refractivity contribution in [3.63, 3.8) is 0 Å². The van der Waals surface area contributed by atoms with Crippen molar-refractivity contribution in [3.05, 3.63) is 97.8 Å². The van der Waals surface area contributed by atoms with E-state index in [0.717, 1.165) is 22.5 Å². The number of nitro benzene ring substituents is 1. The van der Waals surface area contributed by atoms with Gasteiger partial charge >= 0.3 is 0 Å². The Kier molecular flexibility index (Phi) is 5.70. The standard InChI is InChI=1S/C21H18ClN3O3/c1-14-19(10-11-21(26)16-7-5-8-18(12-16)25(27)28)15(2)24(23-14)13-17-6-3-4-9-20(17)22/h3-12H,13H2,1-2H3/b11-10+. The van der Waals surface area contributed by atoms with Crippen LogP contribution >= 0.6 is 11.6 Å². The fraction of sp³-hybridized carbons (Fsp3) is 0.143. The largest absolute Gasteiger partial charge is 0.289 e. The van der Waals surface area contributed by atoms with Gasteiger partial charge in [-0.1, -0.05) is 41.9 Å². The number of nitrogens with zero attached hydrogens (tertiary/aromatic N) is 3. The minimum atomic E-state index is -0.520. The molecule has 28 heavy (non-hydrogen) atoms. The first kappa shape index (κ1) is 19.5. The predicted octanol–water partition coefficient (Wildman–Crippen LogP) is 5.01. The van der Waals surface area contributed by atoms with Gasteiger partial charge < -0.3 is 0 Å². The Labute approximate surface area is 167 Å². The Hall–Kier alpha value is -3.25. The number of halogens is 1. The molecule has 0 aliphatic carbocycles. The van der Waals surface area contributed by atoms with Crippen LogP contribution in [0.25, 0.3) is 6.08 Å². The number of rotatable bonds is 6. The summed E-state index contributed by atoms with van der Waals surface area (Å²) in [6, 6.07) is 13.3. The van der Waals surface area contributed by atoms with Gasteiger partial charge in [-0.15, -0.1) is 0 Å². The molecule has 0 fully saturated rings. The molecular weight excluding hydrogens is 378 g/mol. The second kappa shape index (κ2) is 8.19. The van der Waals surface area contributed by atoms with Crippen LogP contribution < -0.4 is 0 Å². The van der Waals surface area contributed by atoms with Gasteiger partial charge in [-0.3, -0.25) is 19.6 Å². The number of hydrogen-bond acceptors (Lipinski definition) is 4. The number of nitro groups is 1. The minimum Gasteiger partial charge on any atom is -0.289 e. The van der Waals surface area contributed by atoms with E-state index in [2.05, 4.69) is 5.10 Å². The van der Waals surface area contributed by atoms with Crippen LogP contribution in [0.2, 0.25) is 5.02 Å². The van der Waals surface area contributed by atoms with Gasteiger partial charge in [-0.2, -0.15) is 5.10 Å². The number of carbonyl (C=O) groups is 1. The summed E-state index contributed by atoms with van der Waals surface area (Å²) in [5.41, 5.74) is 3.64. The minimum absolute atomic E-state index is 0.112. The topological polar surface area (TPSA) is 78.0 Å². The smallest absolute Gasteiger partial charge is 0.270 e. The highest BCUT2D eigenvalue weighted by Crippen LogP contribution is 2.21. The van der Waals surface area contributed by atoms with Gasteiger partial charge in [0.2, 0.25) is 0 Å². The van der Waals surface area contributed by atoms with Gasteiger partial charge in [-0.25, -0.2) is 0 Å². The van der Waals surface area contributed by atoms with Gasteiger partial charge in [0, 0.05) is 34.0 Å². The fourth-order valence-electron chi connectivity index (χ4n) is 2.92. The lowest BCUT2D eigenvalue weighted by Gasteiger charge is -2.06. The molecule has 3 rings (SSSR count). The molecule has 6 nitrogen and oxygen atoms in total. The van der Waals surface area contributed by atoms with Crippen LogP contribution in [0.1, 0.15) is 32.9 Å². The molecule has 0 spiro atoms. The summed E-state index contributed by atoms with van der Waals surface area (Å²) in [6.07, 6.45) is 3.11. The molecule has 142 valence electrons. The van der Waals surface area contributed by atoms with E-state index in [1.807, 2.05) is 42.8 Å². The number of non-ortho nitro benzene ring substituents is 1. The van der Waals surface area contributed by atoms with Crippen LogP contribution in [0.4, 0.5) is 5.69 Å². The molecule has 0 aliphatic rings. The van der Waals surface area contributed by atoms with E-state index >= 15 is 0 Å². The third-order valence-electron chi connectivity index (χ3n) is 4.46. The third-order valence-corrected chi connectivity index (χ3v) is 4.83. The second-order valence-corrected chi connectivity index (χ2v) is 6.75. The molecule has 7 heteroatoms. The summed E-state index contributed by atoms with van der Waals surface area (Å²) < 4.78 is 1.84. The van der Waals surface area contributed by atoms with Crippen molar-refractivity contribution in [3.8, 4) is 0 Å². The first-order chi connectivity index (χ1) is 13.4. The second-order valence-electron chi connectivity index (χ2n) is 6.34. The van der Waals surface area contributed by atoms with Gasteiger partial charge in [0.15, 0.2) is 5.78 Å². The SMILES string of the molecule is Cc1nn(Cc2ccccc2Cl)c(C)c1/C=C/C(=O)c1cccc([N+](=O)[O-])c1. The van der Waals surface area contributed by atoms with E-state index < -0.39 is 4.92 Å². The van der Waals surface area contributed by atoms with E-state index in [1.54, 1.807) is 12.1 Å². The van der Waals surface area contributed by atoms with Crippen LogP contribution in [-0.2, 0) is 6.54 Å². The van der Waals surface area contributed by atoms with E-state index in [1.165, 1.54) is 24.3 Å². The molecule has 0 aliphatic heterocycles. The summed E-state index contributed by atoms with van der Waals surface area (Å²) in [7, 11) is 0. The molecule has 0 saturated heterocycles. The van der Waals surface area contributed by atoms with Gasteiger partial charge in [0.05, 0.1) is 17.2 Å². The summed E-state index contributed by atoms with van der Waals surface area (Å²) in [5, 5.41) is 16.1. The summed E-state index contributed by atoms with van der Waals surface area (Å²) in [6.45, 7) is 4.32. The summed E-state index contributed by atoms with van der Waals surface area (Å²) >= 11 is 6.23. The van der Waals surface area contributed by atoms with Crippen molar-refractivity contribution < 1.29 is 9.72 Å². The molecule has 0 atom stereocenters. The van der Waals surface area contributed by atoms with Crippen LogP contribution in [0.3, 0.4) is 0 Å². The zero-order valence-electron chi connectivity index (χ0n) is 15.4. The first-order valence-corrected chi connectivity index (χ1v) is 8.99. The molecule has 1 heterocycles. The molecular formula is C21H18ClN3O3. The summed E-state index contributed by atoms with van der Waals surface area (Å²) in [5.74, 6) is -0.304. The third kappa shape index (κ3) is 4.18. The highest BCUT2D eigenvalue weighted by Gasteiger charge is 2.13. The Morgan fingerprint density at radius 1 is 1.21 bits per heavy atom. The molecule has 0 unspecified atom stereocenters. The maximum absolute atomic E-state index is 12.4. The van der Waals surface area contributed by atoms with Gasteiger partial charge in [0.25, 0.3) is 5.69 Å². The van der Waals surface area contributed by atoms with Crippen LogP contribution in [0, 0.1) is 24.0 Å². The zero-order valence-corrected chi connectivity index (χ0v) is 16.2. The molecule has 0 amide bonds. The molecule has 0 N–H and O–H groups in total. The number of benzene rings is 2. The molecule has 3 aromatic rings. The quantitative estimate of drug-likeness (QED) is 0.254. The molecule has 0 radical (unpaired) electrons. The number of allylic oxidation sites excluding steroid dienone is 1. The number of ketones is 1. The number of hydrogen-bond donors (Lipinski definition) is 0. The average molecular weight is 396 g/mol. The molecule has 2 aromatic carbocycles. The van der Waals surface area contributed by atoms with Crippen molar-refractivity contribution in [1.82, 2.24) is 9.78 Å². The lowest BCUT2D eigenvalue weighted by atomic mass is 10.1. The van der Waals surface area contributed by atoms with E-state index in [4.69, 9.17) is 11.6 Å². The maximum Gasteiger partial charge on any atom is 0.270 e. The Balaban J connectivity index is 1.84. The highest BCUT2D eigenvalue weighted by atomic mass is 35.5. The zero-order chi connectivity index (χ0) is 20.3. The van der Waals surface area contributed by atoms with Crippen molar-refractivity contribution >= 4 is 29.1 Å². The molecule has 1 aromatic heterocycles. The van der Waals surface area contributed by atoms with Gasteiger partial charge in [0.1, 0.15) is 0 Å². The molecule has 0 bridgehead atoms. The lowest BCUT2D eigenvalue weighted by molar-refractivity contribution is -0.384. The van der Waals surface area contributed by atoms with Crippen LogP contribution in [0.5, 0.6) is 0 Å². The first-order valence-electron chi connectivity index (χ1n) is 8.61. The maximum atomic E-state index is 12.4. The predicted molar refractivity (Wildman–Crippen MR) is 109 cm³/mol. The van der Waals surface area contributed by atoms with Crippen molar-refractivity contribution in [1.29, 1.82) is 0 Å². The number of carbonyl (C=O) groups excluding carboxylic acids is 1. The Morgan fingerprint density at radius 2 is 1.96 bits per heavy atom. The lowest BCUT2D eigenvalue weighted by Crippen LogP contribution is -2.04. The Bertz CT molecular complexity index is 1090. The van der Waals surface area contributed by atoms with Crippen molar-refractivity contribution in [2.24, 2.45) is 0 Å². The van der Waals surface area contributed by atoms with Crippen LogP contribution in [0.15, 0.2) is 54.6 Å². The highest BCUT2D eigenvalue weighted by molar-refractivity contribution is 6.31. The average Bonchev–Trinajstić information content (AvgIpc) is 2.94. The van der Waals surface area contributed by atoms with Crippen LogP contribution in [-0.4, -0.2) is 20.5 Å². The summed E-state index contributed by atoms with van der Waals surface area (Å²) in [4.78, 5) is 22.8. The number of aromatic nitrogens is 2. The van der Waals surface area contributed by atoms with E-state index in [9.17, 15) is 14.9 Å². The number of aryl methyl sites for hydroxylation is 1. The fourth-order valence-corrected chi connectivity index (χ4v) is 3.12. The van der Waals surface area contributed by atoms with Crippen molar-refractivity contribution in [2.75, 3.05) is 0 Å². The monoisotopic (exact) mass is 395 g/mol.